The lowest BCUT2D eigenvalue weighted by atomic mass is 10.1. The predicted molar refractivity (Wildman–Crippen MR) is 127 cm³/mol. The lowest BCUT2D eigenvalue weighted by Gasteiger charge is -2.27. The molecule has 3 aromatic rings. The number of hydrogen-bond donors (Lipinski definition) is 2. The number of sulfonamides is 1. The van der Waals surface area contributed by atoms with Crippen molar-refractivity contribution in [2.75, 3.05) is 38.2 Å². The van der Waals surface area contributed by atoms with Crippen molar-refractivity contribution >= 4 is 32.5 Å². The van der Waals surface area contributed by atoms with E-state index in [1.807, 2.05) is 24.4 Å². The van der Waals surface area contributed by atoms with Gasteiger partial charge in [0.15, 0.2) is 0 Å². The zero-order valence-electron chi connectivity index (χ0n) is 18.7. The zero-order valence-corrected chi connectivity index (χ0v) is 19.5. The summed E-state index contributed by atoms with van der Waals surface area (Å²) in [5.74, 6) is 0.120. The summed E-state index contributed by atoms with van der Waals surface area (Å²) in [6.45, 7) is 3.43. The largest absolute Gasteiger partial charge is 0.492 e. The van der Waals surface area contributed by atoms with E-state index in [1.165, 1.54) is 21.3 Å². The molecule has 9 heteroatoms. The molecule has 4 rings (SSSR count). The molecule has 0 spiro atoms. The minimum absolute atomic E-state index is 0.0582. The second kappa shape index (κ2) is 10.4. The molecule has 1 fully saturated rings. The van der Waals surface area contributed by atoms with Gasteiger partial charge < -0.3 is 19.8 Å². The molecule has 0 radical (unpaired) electrons. The number of morpholine rings is 1. The van der Waals surface area contributed by atoms with Gasteiger partial charge in [-0.25, -0.2) is 8.42 Å². The van der Waals surface area contributed by atoms with Gasteiger partial charge in [0.25, 0.3) is 0 Å². The van der Waals surface area contributed by atoms with E-state index in [0.29, 0.717) is 51.4 Å². The maximum atomic E-state index is 13.2. The number of aromatic nitrogens is 1. The number of ether oxygens (including phenoxy) is 2. The summed E-state index contributed by atoms with van der Waals surface area (Å²) in [4.78, 5) is 15.9. The van der Waals surface area contributed by atoms with Gasteiger partial charge in [0.05, 0.1) is 19.8 Å². The lowest BCUT2D eigenvalue weighted by Crippen LogP contribution is -2.40. The summed E-state index contributed by atoms with van der Waals surface area (Å²) >= 11 is 0. The summed E-state index contributed by atoms with van der Waals surface area (Å²) in [5, 5.41) is 4.00. The van der Waals surface area contributed by atoms with Crippen LogP contribution >= 0.6 is 0 Å². The Kier molecular flexibility index (Phi) is 7.32. The molecule has 33 heavy (non-hydrogen) atoms. The van der Waals surface area contributed by atoms with Gasteiger partial charge in [-0.2, -0.15) is 4.31 Å². The van der Waals surface area contributed by atoms with Gasteiger partial charge in [-0.1, -0.05) is 18.2 Å². The smallest absolute Gasteiger partial charge is 0.246 e. The number of carbonyl (C=O) groups is 1. The number of hydrogen-bond acceptors (Lipinski definition) is 5. The van der Waals surface area contributed by atoms with E-state index in [0.717, 1.165) is 11.9 Å². The molecule has 0 saturated carbocycles. The van der Waals surface area contributed by atoms with Crippen molar-refractivity contribution in [2.24, 2.45) is 0 Å². The molecule has 1 aliphatic rings. The van der Waals surface area contributed by atoms with Gasteiger partial charge in [-0.15, -0.1) is 0 Å². The van der Waals surface area contributed by atoms with Crippen molar-refractivity contribution in [1.29, 1.82) is 0 Å². The number of fused-ring (bicyclic) bond motifs is 1. The molecule has 1 amide bonds. The third-order valence-electron chi connectivity index (χ3n) is 5.64. The van der Waals surface area contributed by atoms with Crippen LogP contribution in [0.4, 0.5) is 5.69 Å². The van der Waals surface area contributed by atoms with Gasteiger partial charge in [0.1, 0.15) is 10.6 Å². The SMILES string of the molecule is CCOc1ccc(NC(=O)CCCc2c[nH]c3ccccc23)cc1S(=O)(=O)N1CCOCC1. The topological polar surface area (TPSA) is 101 Å². The molecule has 0 aliphatic carbocycles. The van der Waals surface area contributed by atoms with Gasteiger partial charge in [0, 0.05) is 42.3 Å². The van der Waals surface area contributed by atoms with E-state index < -0.39 is 10.0 Å². The molecule has 1 aromatic heterocycles. The first-order valence-corrected chi connectivity index (χ1v) is 12.6. The van der Waals surface area contributed by atoms with Crippen molar-refractivity contribution in [3.05, 3.63) is 54.2 Å². The summed E-state index contributed by atoms with van der Waals surface area (Å²) in [6, 6.07) is 12.8. The molecule has 8 nitrogen and oxygen atoms in total. The summed E-state index contributed by atoms with van der Waals surface area (Å²) in [5.41, 5.74) is 2.70. The monoisotopic (exact) mass is 471 g/mol. The number of H-pyrrole nitrogens is 1. The fourth-order valence-electron chi connectivity index (χ4n) is 3.99. The normalized spacial score (nSPS) is 14.9. The van der Waals surface area contributed by atoms with E-state index in [4.69, 9.17) is 9.47 Å². The Labute approximate surface area is 193 Å². The Morgan fingerprint density at radius 2 is 1.97 bits per heavy atom. The van der Waals surface area contributed by atoms with Gasteiger partial charge in [0.2, 0.25) is 15.9 Å². The number of carbonyl (C=O) groups excluding carboxylic acids is 1. The molecule has 2 N–H and O–H groups in total. The number of aromatic amines is 1. The average molecular weight is 472 g/mol. The molecule has 0 atom stereocenters. The van der Waals surface area contributed by atoms with E-state index in [9.17, 15) is 13.2 Å². The number of para-hydroxylation sites is 1. The third kappa shape index (κ3) is 5.38. The predicted octanol–water partition coefficient (Wildman–Crippen LogP) is 3.55. The fourth-order valence-corrected chi connectivity index (χ4v) is 5.55. The van der Waals surface area contributed by atoms with Gasteiger partial charge in [-0.05, 0) is 49.6 Å². The first-order valence-electron chi connectivity index (χ1n) is 11.2. The maximum absolute atomic E-state index is 13.2. The highest BCUT2D eigenvalue weighted by Gasteiger charge is 2.29. The van der Waals surface area contributed by atoms with Crippen LogP contribution in [0, 0.1) is 0 Å². The molecule has 0 unspecified atom stereocenters. The van der Waals surface area contributed by atoms with E-state index in [1.54, 1.807) is 19.1 Å². The summed E-state index contributed by atoms with van der Waals surface area (Å²) in [7, 11) is -3.77. The van der Waals surface area contributed by atoms with Gasteiger partial charge >= 0.3 is 0 Å². The number of nitrogens with one attached hydrogen (secondary N) is 2. The molecular formula is C24H29N3O5S. The van der Waals surface area contributed by atoms with Crippen LogP contribution in [0.3, 0.4) is 0 Å². The van der Waals surface area contributed by atoms with E-state index >= 15 is 0 Å². The number of anilines is 1. The van der Waals surface area contributed by atoms with E-state index in [-0.39, 0.29) is 16.6 Å². The van der Waals surface area contributed by atoms with Crippen LogP contribution in [0.5, 0.6) is 5.75 Å². The molecule has 1 saturated heterocycles. The van der Waals surface area contributed by atoms with Crippen LogP contribution in [-0.2, 0) is 26.0 Å². The first-order chi connectivity index (χ1) is 16.0. The molecular weight excluding hydrogens is 442 g/mol. The Bertz CT molecular complexity index is 1220. The van der Waals surface area contributed by atoms with Gasteiger partial charge in [-0.3, -0.25) is 4.79 Å². The summed E-state index contributed by atoms with van der Waals surface area (Å²) < 4.78 is 38.6. The van der Waals surface area contributed by atoms with Crippen molar-refractivity contribution in [1.82, 2.24) is 9.29 Å². The van der Waals surface area contributed by atoms with Crippen LogP contribution in [0.15, 0.2) is 53.6 Å². The lowest BCUT2D eigenvalue weighted by molar-refractivity contribution is -0.116. The second-order valence-electron chi connectivity index (χ2n) is 7.87. The fraction of sp³-hybridized carbons (Fsp3) is 0.375. The molecule has 176 valence electrons. The van der Waals surface area contributed by atoms with E-state index in [2.05, 4.69) is 16.4 Å². The van der Waals surface area contributed by atoms with Crippen LogP contribution in [0.1, 0.15) is 25.3 Å². The second-order valence-corrected chi connectivity index (χ2v) is 9.78. The number of nitrogens with zero attached hydrogens (tertiary/aromatic N) is 1. The number of benzene rings is 2. The minimum Gasteiger partial charge on any atom is -0.492 e. The van der Waals surface area contributed by atoms with Crippen LogP contribution in [0.2, 0.25) is 0 Å². The van der Waals surface area contributed by atoms with Crippen molar-refractivity contribution < 1.29 is 22.7 Å². The highest BCUT2D eigenvalue weighted by molar-refractivity contribution is 7.89. The Morgan fingerprint density at radius 3 is 2.76 bits per heavy atom. The molecule has 2 heterocycles. The molecule has 0 bridgehead atoms. The number of aryl methyl sites for hydroxylation is 1. The first kappa shape index (κ1) is 23.3. The van der Waals surface area contributed by atoms with Crippen LogP contribution < -0.4 is 10.1 Å². The average Bonchev–Trinajstić information content (AvgIpc) is 3.24. The quantitative estimate of drug-likeness (QED) is 0.497. The maximum Gasteiger partial charge on any atom is 0.246 e. The number of rotatable bonds is 9. The van der Waals surface area contributed by atoms with Crippen LogP contribution in [0.25, 0.3) is 10.9 Å². The molecule has 1 aliphatic heterocycles. The van der Waals surface area contributed by atoms with Crippen LogP contribution in [-0.4, -0.2) is 56.5 Å². The minimum atomic E-state index is -3.77. The Balaban J connectivity index is 1.42. The highest BCUT2D eigenvalue weighted by atomic mass is 32.2. The standard InChI is InChI=1S/C24H29N3O5S/c1-2-32-22-11-10-19(16-23(22)33(29,30)27-12-14-31-15-13-27)26-24(28)9-5-6-18-17-25-21-8-4-3-7-20(18)21/h3-4,7-8,10-11,16-17,25H,2,5-6,9,12-15H2,1H3,(H,26,28). The highest BCUT2D eigenvalue weighted by Crippen LogP contribution is 2.30. The van der Waals surface area contributed by atoms with Crippen molar-refractivity contribution in [2.45, 2.75) is 31.1 Å². The molecule has 2 aromatic carbocycles. The van der Waals surface area contributed by atoms with Crippen molar-refractivity contribution in [3.8, 4) is 5.75 Å². The Morgan fingerprint density at radius 1 is 1.18 bits per heavy atom. The summed E-state index contributed by atoms with van der Waals surface area (Å²) in [6.07, 6.45) is 3.77. The third-order valence-corrected chi connectivity index (χ3v) is 7.56. The zero-order chi connectivity index (χ0) is 23.3. The van der Waals surface area contributed by atoms with Crippen molar-refractivity contribution in [3.63, 3.8) is 0 Å². The Hall–Kier alpha value is -2.88. The number of amides is 1.